The summed E-state index contributed by atoms with van der Waals surface area (Å²) in [5.41, 5.74) is 6.83. The maximum absolute atomic E-state index is 10.6. The predicted molar refractivity (Wildman–Crippen MR) is 73.8 cm³/mol. The zero-order valence-corrected chi connectivity index (χ0v) is 10.8. The van der Waals surface area contributed by atoms with E-state index in [-0.39, 0.29) is 11.4 Å². The molecule has 2 N–H and O–H groups in total. The Labute approximate surface area is 114 Å². The highest BCUT2D eigenvalue weighted by molar-refractivity contribution is 6.32. The summed E-state index contributed by atoms with van der Waals surface area (Å²) in [5.74, 6) is 0.782. The maximum atomic E-state index is 10.6. The van der Waals surface area contributed by atoms with E-state index in [1.54, 1.807) is 12.1 Å². The molecule has 0 unspecified atom stereocenters. The second-order valence-electron chi connectivity index (χ2n) is 4.02. The first kappa shape index (κ1) is 13.2. The Morgan fingerprint density at radius 3 is 2.47 bits per heavy atom. The third-order valence-corrected chi connectivity index (χ3v) is 2.81. The molecule has 0 fully saturated rings. The lowest BCUT2D eigenvalue weighted by atomic mass is 10.2. The molecule has 0 aliphatic heterocycles. The van der Waals surface area contributed by atoms with Crippen molar-refractivity contribution < 1.29 is 9.66 Å². The van der Waals surface area contributed by atoms with Crippen LogP contribution in [0.2, 0.25) is 5.02 Å². The number of aryl methyl sites for hydroxylation is 1. The van der Waals surface area contributed by atoms with Crippen LogP contribution in [0, 0.1) is 17.0 Å². The number of nitrogens with two attached hydrogens (primary N) is 1. The first-order valence-electron chi connectivity index (χ1n) is 5.45. The van der Waals surface area contributed by atoms with Gasteiger partial charge in [0.25, 0.3) is 5.69 Å². The summed E-state index contributed by atoms with van der Waals surface area (Å²) in [5, 5.41) is 11.1. The molecule has 0 bridgehead atoms. The number of halogens is 1. The van der Waals surface area contributed by atoms with Crippen LogP contribution in [0.15, 0.2) is 36.4 Å². The normalized spacial score (nSPS) is 10.2. The number of nitrogens with zero attached hydrogens (tertiary/aromatic N) is 1. The molecule has 0 aliphatic rings. The highest BCUT2D eigenvalue weighted by Gasteiger charge is 2.11. The average molecular weight is 279 g/mol. The number of benzene rings is 2. The van der Waals surface area contributed by atoms with E-state index in [2.05, 4.69) is 0 Å². The van der Waals surface area contributed by atoms with Crippen LogP contribution in [0.25, 0.3) is 0 Å². The minimum Gasteiger partial charge on any atom is -0.454 e. The predicted octanol–water partition coefficient (Wildman–Crippen LogP) is 3.93. The Balaban J connectivity index is 2.31. The van der Waals surface area contributed by atoms with Crippen LogP contribution >= 0.6 is 11.6 Å². The Hall–Kier alpha value is -2.27. The van der Waals surface area contributed by atoms with Crippen LogP contribution in [0.4, 0.5) is 11.4 Å². The third kappa shape index (κ3) is 2.95. The van der Waals surface area contributed by atoms with Gasteiger partial charge in [0.05, 0.1) is 15.6 Å². The van der Waals surface area contributed by atoms with Gasteiger partial charge in [0.2, 0.25) is 0 Å². The number of rotatable bonds is 3. The summed E-state index contributed by atoms with van der Waals surface area (Å²) in [7, 11) is 0. The van der Waals surface area contributed by atoms with Gasteiger partial charge in [-0.1, -0.05) is 17.7 Å². The zero-order valence-electron chi connectivity index (χ0n) is 10.1. The lowest BCUT2D eigenvalue weighted by Crippen LogP contribution is -1.95. The van der Waals surface area contributed by atoms with Gasteiger partial charge in [0.15, 0.2) is 5.75 Å². The second-order valence-corrected chi connectivity index (χ2v) is 4.42. The standard InChI is InChI=1S/C13H11ClN2O3/c1-8-2-4-12(10(14)6-8)19-13-5-3-9(16(17)18)7-11(13)15/h2-7H,15H2,1H3. The third-order valence-electron chi connectivity index (χ3n) is 2.51. The molecule has 0 saturated carbocycles. The number of nitro groups is 1. The number of non-ortho nitro benzene ring substituents is 1. The quantitative estimate of drug-likeness (QED) is 0.524. The van der Waals surface area contributed by atoms with Crippen molar-refractivity contribution in [2.45, 2.75) is 6.92 Å². The monoisotopic (exact) mass is 278 g/mol. The summed E-state index contributed by atoms with van der Waals surface area (Å²) in [6.07, 6.45) is 0. The molecule has 0 amide bonds. The molecule has 0 atom stereocenters. The van der Waals surface area contributed by atoms with Crippen molar-refractivity contribution in [3.8, 4) is 11.5 Å². The van der Waals surface area contributed by atoms with Crippen molar-refractivity contribution >= 4 is 23.0 Å². The Kier molecular flexibility index (Phi) is 3.57. The van der Waals surface area contributed by atoms with Gasteiger partial charge in [-0.2, -0.15) is 0 Å². The molecule has 6 heteroatoms. The van der Waals surface area contributed by atoms with E-state index in [1.807, 2.05) is 13.0 Å². The van der Waals surface area contributed by atoms with Crippen LogP contribution in [0.5, 0.6) is 11.5 Å². The van der Waals surface area contributed by atoms with Gasteiger partial charge >= 0.3 is 0 Å². The molecule has 0 spiro atoms. The van der Waals surface area contributed by atoms with E-state index in [0.29, 0.717) is 16.5 Å². The molecule has 0 radical (unpaired) electrons. The Morgan fingerprint density at radius 1 is 1.21 bits per heavy atom. The van der Waals surface area contributed by atoms with Crippen LogP contribution in [0.3, 0.4) is 0 Å². The van der Waals surface area contributed by atoms with E-state index in [1.165, 1.54) is 18.2 Å². The van der Waals surface area contributed by atoms with Gasteiger partial charge in [-0.15, -0.1) is 0 Å². The van der Waals surface area contributed by atoms with Crippen LogP contribution in [-0.2, 0) is 0 Å². The largest absolute Gasteiger partial charge is 0.454 e. The first-order chi connectivity index (χ1) is 8.97. The molecule has 19 heavy (non-hydrogen) atoms. The van der Waals surface area contributed by atoms with Crippen LogP contribution in [0.1, 0.15) is 5.56 Å². The summed E-state index contributed by atoms with van der Waals surface area (Å²) < 4.78 is 5.55. The number of nitrogen functional groups attached to an aromatic ring is 1. The summed E-state index contributed by atoms with van der Waals surface area (Å²) >= 11 is 6.04. The van der Waals surface area contributed by atoms with Gasteiger partial charge in [-0.05, 0) is 30.7 Å². The summed E-state index contributed by atoms with van der Waals surface area (Å²) in [4.78, 5) is 10.1. The lowest BCUT2D eigenvalue weighted by Gasteiger charge is -2.10. The smallest absolute Gasteiger partial charge is 0.271 e. The molecule has 5 nitrogen and oxygen atoms in total. The lowest BCUT2D eigenvalue weighted by molar-refractivity contribution is -0.384. The van der Waals surface area contributed by atoms with Gasteiger partial charge in [0, 0.05) is 12.1 Å². The molecule has 0 heterocycles. The van der Waals surface area contributed by atoms with Crippen molar-refractivity contribution in [2.75, 3.05) is 5.73 Å². The summed E-state index contributed by atoms with van der Waals surface area (Å²) in [6.45, 7) is 1.91. The minimum absolute atomic E-state index is 0.0835. The fourth-order valence-corrected chi connectivity index (χ4v) is 1.82. The van der Waals surface area contributed by atoms with E-state index in [4.69, 9.17) is 22.1 Å². The maximum Gasteiger partial charge on any atom is 0.271 e. The Morgan fingerprint density at radius 2 is 1.89 bits per heavy atom. The average Bonchev–Trinajstić information content (AvgIpc) is 2.34. The molecular formula is C13H11ClN2O3. The molecule has 2 rings (SSSR count). The van der Waals surface area contributed by atoms with Gasteiger partial charge < -0.3 is 10.5 Å². The van der Waals surface area contributed by atoms with E-state index in [0.717, 1.165) is 5.56 Å². The second kappa shape index (κ2) is 5.16. The molecule has 2 aromatic rings. The van der Waals surface area contributed by atoms with Crippen molar-refractivity contribution in [2.24, 2.45) is 0 Å². The van der Waals surface area contributed by atoms with Crippen molar-refractivity contribution in [1.29, 1.82) is 0 Å². The zero-order chi connectivity index (χ0) is 14.0. The number of anilines is 1. The Bertz CT molecular complexity index is 644. The highest BCUT2D eigenvalue weighted by atomic mass is 35.5. The molecule has 2 aromatic carbocycles. The molecule has 0 aliphatic carbocycles. The SMILES string of the molecule is Cc1ccc(Oc2ccc([N+](=O)[O-])cc2N)c(Cl)c1. The topological polar surface area (TPSA) is 78.4 Å². The number of hydrogen-bond donors (Lipinski definition) is 1. The number of ether oxygens (including phenoxy) is 1. The fraction of sp³-hybridized carbons (Fsp3) is 0.0769. The van der Waals surface area contributed by atoms with Crippen molar-refractivity contribution in [1.82, 2.24) is 0 Å². The van der Waals surface area contributed by atoms with E-state index >= 15 is 0 Å². The minimum atomic E-state index is -0.515. The number of hydrogen-bond acceptors (Lipinski definition) is 4. The molecule has 98 valence electrons. The van der Waals surface area contributed by atoms with Gasteiger partial charge in [0.1, 0.15) is 5.75 Å². The van der Waals surface area contributed by atoms with E-state index in [9.17, 15) is 10.1 Å². The first-order valence-corrected chi connectivity index (χ1v) is 5.83. The molecule has 0 saturated heterocycles. The van der Waals surface area contributed by atoms with Crippen molar-refractivity contribution in [3.05, 3.63) is 57.1 Å². The van der Waals surface area contributed by atoms with Crippen LogP contribution < -0.4 is 10.5 Å². The van der Waals surface area contributed by atoms with Gasteiger partial charge in [-0.25, -0.2) is 0 Å². The summed E-state index contributed by atoms with van der Waals surface area (Å²) in [6, 6.07) is 9.36. The number of nitro benzene ring substituents is 1. The van der Waals surface area contributed by atoms with Gasteiger partial charge in [-0.3, -0.25) is 10.1 Å². The van der Waals surface area contributed by atoms with E-state index < -0.39 is 4.92 Å². The van der Waals surface area contributed by atoms with Crippen LogP contribution in [-0.4, -0.2) is 4.92 Å². The molecular weight excluding hydrogens is 268 g/mol. The van der Waals surface area contributed by atoms with Crippen molar-refractivity contribution in [3.63, 3.8) is 0 Å². The fourth-order valence-electron chi connectivity index (χ4n) is 1.55. The highest BCUT2D eigenvalue weighted by Crippen LogP contribution is 2.34. The molecule has 0 aromatic heterocycles.